The second kappa shape index (κ2) is 7.42. The van der Waals surface area contributed by atoms with Gasteiger partial charge in [-0.15, -0.1) is 0 Å². The highest BCUT2D eigenvalue weighted by Crippen LogP contribution is 2.24. The van der Waals surface area contributed by atoms with Crippen LogP contribution in [0.2, 0.25) is 0 Å². The van der Waals surface area contributed by atoms with Gasteiger partial charge < -0.3 is 20.1 Å². The monoisotopic (exact) mass is 251 g/mol. The van der Waals surface area contributed by atoms with Gasteiger partial charge in [0.15, 0.2) is 5.96 Å². The van der Waals surface area contributed by atoms with Crippen molar-refractivity contribution in [1.82, 2.24) is 10.6 Å². The van der Waals surface area contributed by atoms with Crippen molar-refractivity contribution in [3.05, 3.63) is 23.8 Å². The van der Waals surface area contributed by atoms with E-state index in [2.05, 4.69) is 15.6 Å². The Labute approximate surface area is 108 Å². The summed E-state index contributed by atoms with van der Waals surface area (Å²) in [7, 11) is 6.89. The Hall–Kier alpha value is -1.91. The van der Waals surface area contributed by atoms with E-state index in [1.54, 1.807) is 21.3 Å². The van der Waals surface area contributed by atoms with Crippen LogP contribution in [0.3, 0.4) is 0 Å². The summed E-state index contributed by atoms with van der Waals surface area (Å²) in [5.74, 6) is 2.42. The number of ether oxygens (including phenoxy) is 2. The predicted octanol–water partition coefficient (Wildman–Crippen LogP) is 1.04. The van der Waals surface area contributed by atoms with E-state index >= 15 is 0 Å². The van der Waals surface area contributed by atoms with E-state index < -0.39 is 0 Å². The minimum atomic E-state index is 0.780. The molecule has 0 aliphatic carbocycles. The van der Waals surface area contributed by atoms with Crippen molar-refractivity contribution in [3.8, 4) is 11.5 Å². The third-order valence-corrected chi connectivity index (χ3v) is 2.64. The number of hydrogen-bond acceptors (Lipinski definition) is 3. The van der Waals surface area contributed by atoms with Crippen LogP contribution in [0.5, 0.6) is 11.5 Å². The average Bonchev–Trinajstić information content (AvgIpc) is 2.43. The molecule has 0 aliphatic rings. The van der Waals surface area contributed by atoms with Crippen LogP contribution in [-0.2, 0) is 6.42 Å². The lowest BCUT2D eigenvalue weighted by Gasteiger charge is -2.12. The van der Waals surface area contributed by atoms with Gasteiger partial charge in [0.05, 0.1) is 14.2 Å². The first kappa shape index (κ1) is 14.2. The molecule has 0 aromatic heterocycles. The molecule has 18 heavy (non-hydrogen) atoms. The zero-order valence-electron chi connectivity index (χ0n) is 11.4. The molecule has 0 unspecified atom stereocenters. The van der Waals surface area contributed by atoms with Crippen LogP contribution in [0.15, 0.2) is 23.2 Å². The molecule has 1 rings (SSSR count). The smallest absolute Gasteiger partial charge is 0.190 e. The fraction of sp³-hybridized carbons (Fsp3) is 0.462. The van der Waals surface area contributed by atoms with Crippen LogP contribution in [0, 0.1) is 0 Å². The number of nitrogens with zero attached hydrogens (tertiary/aromatic N) is 1. The van der Waals surface area contributed by atoms with Crippen LogP contribution < -0.4 is 20.1 Å². The lowest BCUT2D eigenvalue weighted by Crippen LogP contribution is -2.35. The summed E-state index contributed by atoms with van der Waals surface area (Å²) in [6.07, 6.45) is 0.855. The van der Waals surface area contributed by atoms with Crippen molar-refractivity contribution in [2.24, 2.45) is 4.99 Å². The number of nitrogens with one attached hydrogen (secondary N) is 2. The molecule has 2 N–H and O–H groups in total. The van der Waals surface area contributed by atoms with Gasteiger partial charge in [0.25, 0.3) is 0 Å². The van der Waals surface area contributed by atoms with E-state index in [1.807, 2.05) is 25.2 Å². The highest BCUT2D eigenvalue weighted by molar-refractivity contribution is 5.79. The van der Waals surface area contributed by atoms with Crippen molar-refractivity contribution in [3.63, 3.8) is 0 Å². The maximum atomic E-state index is 5.34. The summed E-state index contributed by atoms with van der Waals surface area (Å²) in [6.45, 7) is 0.788. The highest BCUT2D eigenvalue weighted by Gasteiger charge is 2.05. The highest BCUT2D eigenvalue weighted by atomic mass is 16.5. The fourth-order valence-corrected chi connectivity index (χ4v) is 1.65. The molecule has 0 spiro atoms. The zero-order chi connectivity index (χ0) is 13.4. The molecule has 0 amide bonds. The molecule has 0 saturated heterocycles. The number of methoxy groups -OCH3 is 2. The molecule has 1 aromatic carbocycles. The fourth-order valence-electron chi connectivity index (χ4n) is 1.65. The summed E-state index contributed by atoms with van der Waals surface area (Å²) < 4.78 is 10.5. The van der Waals surface area contributed by atoms with Crippen LogP contribution >= 0.6 is 0 Å². The Morgan fingerprint density at radius 2 is 2.06 bits per heavy atom. The first-order valence-electron chi connectivity index (χ1n) is 5.84. The Kier molecular flexibility index (Phi) is 5.84. The first-order valence-corrected chi connectivity index (χ1v) is 5.84. The van der Waals surface area contributed by atoms with E-state index in [0.29, 0.717) is 0 Å². The average molecular weight is 251 g/mol. The Morgan fingerprint density at radius 1 is 1.28 bits per heavy atom. The van der Waals surface area contributed by atoms with E-state index in [1.165, 1.54) is 0 Å². The molecule has 0 aliphatic heterocycles. The third-order valence-electron chi connectivity index (χ3n) is 2.64. The molecule has 0 radical (unpaired) electrons. The van der Waals surface area contributed by atoms with Crippen LogP contribution in [0.4, 0.5) is 0 Å². The molecule has 0 saturated carbocycles. The minimum absolute atomic E-state index is 0.780. The maximum absolute atomic E-state index is 5.34. The van der Waals surface area contributed by atoms with Gasteiger partial charge in [-0.2, -0.15) is 0 Å². The molecule has 0 bridgehead atoms. The number of hydrogen-bond donors (Lipinski definition) is 2. The van der Waals surface area contributed by atoms with Crippen molar-refractivity contribution < 1.29 is 9.47 Å². The molecule has 0 atom stereocenters. The minimum Gasteiger partial charge on any atom is -0.497 e. The predicted molar refractivity (Wildman–Crippen MR) is 73.7 cm³/mol. The van der Waals surface area contributed by atoms with Crippen molar-refractivity contribution in [2.45, 2.75) is 6.42 Å². The normalized spacial score (nSPS) is 11.0. The second-order valence-corrected chi connectivity index (χ2v) is 3.68. The quantitative estimate of drug-likeness (QED) is 0.606. The number of benzene rings is 1. The molecule has 5 heteroatoms. The molecule has 100 valence electrons. The van der Waals surface area contributed by atoms with E-state index in [0.717, 1.165) is 36.0 Å². The number of rotatable bonds is 5. The Bertz CT molecular complexity index is 405. The molecular formula is C13H21N3O2. The van der Waals surface area contributed by atoms with Crippen LogP contribution in [0.1, 0.15) is 5.56 Å². The largest absolute Gasteiger partial charge is 0.497 e. The van der Waals surface area contributed by atoms with Gasteiger partial charge >= 0.3 is 0 Å². The summed E-state index contributed by atoms with van der Waals surface area (Å²) >= 11 is 0. The summed E-state index contributed by atoms with van der Waals surface area (Å²) in [6, 6.07) is 5.84. The summed E-state index contributed by atoms with van der Waals surface area (Å²) in [5.41, 5.74) is 1.14. The van der Waals surface area contributed by atoms with E-state index in [9.17, 15) is 0 Å². The number of guanidine groups is 1. The van der Waals surface area contributed by atoms with E-state index in [-0.39, 0.29) is 0 Å². The molecule has 0 heterocycles. The van der Waals surface area contributed by atoms with Crippen molar-refractivity contribution in [2.75, 3.05) is 34.9 Å². The molecule has 5 nitrogen and oxygen atoms in total. The summed E-state index contributed by atoms with van der Waals surface area (Å²) in [5, 5.41) is 6.17. The van der Waals surface area contributed by atoms with Gasteiger partial charge in [0.1, 0.15) is 11.5 Å². The van der Waals surface area contributed by atoms with Gasteiger partial charge in [-0.3, -0.25) is 4.99 Å². The van der Waals surface area contributed by atoms with Gasteiger partial charge in [-0.05, 0) is 18.1 Å². The third kappa shape index (κ3) is 3.84. The van der Waals surface area contributed by atoms with Crippen LogP contribution in [0.25, 0.3) is 0 Å². The van der Waals surface area contributed by atoms with Gasteiger partial charge in [-0.25, -0.2) is 0 Å². The van der Waals surface area contributed by atoms with Gasteiger partial charge in [0.2, 0.25) is 0 Å². The van der Waals surface area contributed by atoms with Crippen molar-refractivity contribution in [1.29, 1.82) is 0 Å². The molecular weight excluding hydrogens is 230 g/mol. The Balaban J connectivity index is 2.61. The topological polar surface area (TPSA) is 54.9 Å². The second-order valence-electron chi connectivity index (χ2n) is 3.68. The van der Waals surface area contributed by atoms with Gasteiger partial charge in [-0.1, -0.05) is 6.07 Å². The zero-order valence-corrected chi connectivity index (χ0v) is 11.4. The lowest BCUT2D eigenvalue weighted by atomic mass is 10.1. The van der Waals surface area contributed by atoms with E-state index in [4.69, 9.17) is 9.47 Å². The van der Waals surface area contributed by atoms with Crippen molar-refractivity contribution >= 4 is 5.96 Å². The van der Waals surface area contributed by atoms with Gasteiger partial charge in [0, 0.05) is 26.7 Å². The molecule has 1 aromatic rings. The standard InChI is InChI=1S/C13H21N3O2/c1-14-13(15-2)16-8-7-10-5-6-11(17-3)9-12(10)18-4/h5-6,9H,7-8H2,1-4H3,(H2,14,15,16). The number of aliphatic imine (C=N–C) groups is 1. The molecule has 0 fully saturated rings. The maximum Gasteiger partial charge on any atom is 0.190 e. The first-order chi connectivity index (χ1) is 8.74. The SMILES string of the molecule is CN=C(NC)NCCc1ccc(OC)cc1OC. The Morgan fingerprint density at radius 3 is 2.61 bits per heavy atom. The summed E-state index contributed by atoms with van der Waals surface area (Å²) in [4.78, 5) is 4.05. The van der Waals surface area contributed by atoms with Crippen LogP contribution in [-0.4, -0.2) is 40.8 Å². The lowest BCUT2D eigenvalue weighted by molar-refractivity contribution is 0.391.